The second kappa shape index (κ2) is 6.30. The molecule has 22 heavy (non-hydrogen) atoms. The molecule has 1 aliphatic heterocycles. The molecule has 0 radical (unpaired) electrons. The van der Waals surface area contributed by atoms with Gasteiger partial charge >= 0.3 is 0 Å². The number of aromatic nitrogens is 1. The van der Waals surface area contributed by atoms with Gasteiger partial charge in [0.25, 0.3) is 5.91 Å². The molecular formula is C17H14FN3O. The van der Waals surface area contributed by atoms with Crippen molar-refractivity contribution in [1.29, 1.82) is 0 Å². The Morgan fingerprint density at radius 2 is 2.09 bits per heavy atom. The Morgan fingerprint density at radius 1 is 1.18 bits per heavy atom. The zero-order valence-electron chi connectivity index (χ0n) is 11.8. The zero-order chi connectivity index (χ0) is 15.4. The quantitative estimate of drug-likeness (QED) is 0.882. The third kappa shape index (κ3) is 3.44. The molecule has 1 aromatic carbocycles. The predicted octanol–water partition coefficient (Wildman–Crippen LogP) is 2.72. The van der Waals surface area contributed by atoms with Gasteiger partial charge in [-0.15, -0.1) is 0 Å². The van der Waals surface area contributed by atoms with E-state index >= 15 is 0 Å². The fourth-order valence-corrected chi connectivity index (χ4v) is 2.21. The first kappa shape index (κ1) is 14.1. The molecule has 1 amide bonds. The summed E-state index contributed by atoms with van der Waals surface area (Å²) in [6, 6.07) is 10.1. The Balaban J connectivity index is 1.69. The van der Waals surface area contributed by atoms with Crippen LogP contribution in [0.15, 0.2) is 59.5 Å². The molecule has 0 bridgehead atoms. The van der Waals surface area contributed by atoms with Crippen molar-refractivity contribution in [3.8, 4) is 0 Å². The van der Waals surface area contributed by atoms with Gasteiger partial charge in [0, 0.05) is 18.8 Å². The second-order valence-electron chi connectivity index (χ2n) is 4.96. The van der Waals surface area contributed by atoms with E-state index in [0.29, 0.717) is 24.4 Å². The minimum absolute atomic E-state index is 0.224. The van der Waals surface area contributed by atoms with Gasteiger partial charge < -0.3 is 5.32 Å². The number of nitrogens with zero attached hydrogens (tertiary/aromatic N) is 2. The van der Waals surface area contributed by atoms with Crippen molar-refractivity contribution in [3.63, 3.8) is 0 Å². The van der Waals surface area contributed by atoms with E-state index in [1.807, 2.05) is 12.1 Å². The number of rotatable bonds is 4. The molecule has 0 saturated heterocycles. The molecule has 0 atom stereocenters. The van der Waals surface area contributed by atoms with Crippen LogP contribution in [0.3, 0.4) is 0 Å². The molecular weight excluding hydrogens is 281 g/mol. The lowest BCUT2D eigenvalue weighted by molar-refractivity contribution is -0.115. The van der Waals surface area contributed by atoms with Gasteiger partial charge in [-0.25, -0.2) is 9.38 Å². The van der Waals surface area contributed by atoms with Crippen molar-refractivity contribution in [2.75, 3.05) is 0 Å². The first-order valence-electron chi connectivity index (χ1n) is 6.96. The fraction of sp³-hybridized carbons (Fsp3) is 0.118. The van der Waals surface area contributed by atoms with E-state index in [9.17, 15) is 9.18 Å². The van der Waals surface area contributed by atoms with Gasteiger partial charge in [-0.05, 0) is 41.8 Å². The number of carbonyl (C=O) groups excluding carboxylic acids is 1. The van der Waals surface area contributed by atoms with E-state index in [2.05, 4.69) is 15.3 Å². The van der Waals surface area contributed by atoms with Crippen LogP contribution in [0, 0.1) is 5.82 Å². The molecule has 4 nitrogen and oxygen atoms in total. The van der Waals surface area contributed by atoms with E-state index in [1.54, 1.807) is 30.6 Å². The Hall–Kier alpha value is -2.82. The summed E-state index contributed by atoms with van der Waals surface area (Å²) < 4.78 is 13.1. The molecule has 0 saturated carbocycles. The van der Waals surface area contributed by atoms with Gasteiger partial charge in [-0.2, -0.15) is 0 Å². The van der Waals surface area contributed by atoms with Crippen LogP contribution in [0.2, 0.25) is 0 Å². The van der Waals surface area contributed by atoms with Crippen molar-refractivity contribution in [2.24, 2.45) is 4.99 Å². The Kier molecular flexibility index (Phi) is 4.05. The highest BCUT2D eigenvalue weighted by Crippen LogP contribution is 2.14. The third-order valence-electron chi connectivity index (χ3n) is 3.27. The van der Waals surface area contributed by atoms with Gasteiger partial charge in [0.1, 0.15) is 17.3 Å². The van der Waals surface area contributed by atoms with E-state index in [-0.39, 0.29) is 11.7 Å². The topological polar surface area (TPSA) is 54.4 Å². The monoisotopic (exact) mass is 295 g/mol. The number of carbonyl (C=O) groups is 1. The van der Waals surface area contributed by atoms with Crippen LogP contribution >= 0.6 is 0 Å². The summed E-state index contributed by atoms with van der Waals surface area (Å²) in [7, 11) is 0. The average Bonchev–Trinajstić information content (AvgIpc) is 2.87. The number of aliphatic imine (C=N–C) groups is 1. The summed E-state index contributed by atoms with van der Waals surface area (Å²) in [6.07, 6.45) is 6.21. The largest absolute Gasteiger partial charge is 0.309 e. The lowest BCUT2D eigenvalue weighted by atomic mass is 10.1. The summed E-state index contributed by atoms with van der Waals surface area (Å²) in [6.45, 7) is 0. The van der Waals surface area contributed by atoms with Gasteiger partial charge in [-0.3, -0.25) is 9.78 Å². The highest BCUT2D eigenvalue weighted by Gasteiger charge is 2.19. The lowest BCUT2D eigenvalue weighted by Gasteiger charge is -2.01. The summed E-state index contributed by atoms with van der Waals surface area (Å²) in [5, 5.41) is 2.74. The van der Waals surface area contributed by atoms with Crippen molar-refractivity contribution >= 4 is 17.8 Å². The minimum Gasteiger partial charge on any atom is -0.309 e. The van der Waals surface area contributed by atoms with E-state index in [0.717, 1.165) is 11.1 Å². The number of halogens is 1. The fourth-order valence-electron chi connectivity index (χ4n) is 2.21. The molecule has 2 aromatic rings. The van der Waals surface area contributed by atoms with Crippen LogP contribution in [-0.2, 0) is 11.2 Å². The van der Waals surface area contributed by atoms with E-state index in [1.165, 1.54) is 12.1 Å². The number of hydrogen-bond acceptors (Lipinski definition) is 3. The maximum absolute atomic E-state index is 13.1. The number of amidine groups is 1. The molecule has 2 heterocycles. The van der Waals surface area contributed by atoms with Crippen LogP contribution in [0.5, 0.6) is 0 Å². The van der Waals surface area contributed by atoms with Gasteiger partial charge in [0.2, 0.25) is 0 Å². The van der Waals surface area contributed by atoms with Crippen molar-refractivity contribution < 1.29 is 9.18 Å². The maximum Gasteiger partial charge on any atom is 0.275 e. The molecule has 1 N–H and O–H groups in total. The third-order valence-corrected chi connectivity index (χ3v) is 3.27. The first-order chi connectivity index (χ1) is 10.7. The molecule has 3 rings (SSSR count). The highest BCUT2D eigenvalue weighted by molar-refractivity contribution is 6.14. The molecule has 0 unspecified atom stereocenters. The molecule has 0 spiro atoms. The van der Waals surface area contributed by atoms with Crippen LogP contribution in [-0.4, -0.2) is 16.7 Å². The van der Waals surface area contributed by atoms with Crippen LogP contribution < -0.4 is 5.32 Å². The predicted molar refractivity (Wildman–Crippen MR) is 82.5 cm³/mol. The van der Waals surface area contributed by atoms with E-state index < -0.39 is 0 Å². The van der Waals surface area contributed by atoms with E-state index in [4.69, 9.17) is 0 Å². The highest BCUT2D eigenvalue weighted by atomic mass is 19.1. The average molecular weight is 295 g/mol. The Bertz CT molecular complexity index is 754. The number of aryl methyl sites for hydroxylation is 1. The summed E-state index contributed by atoms with van der Waals surface area (Å²) in [5.41, 5.74) is 2.06. The zero-order valence-corrected chi connectivity index (χ0v) is 11.8. The smallest absolute Gasteiger partial charge is 0.275 e. The van der Waals surface area contributed by atoms with Crippen LogP contribution in [0.25, 0.3) is 6.08 Å². The Morgan fingerprint density at radius 3 is 2.86 bits per heavy atom. The normalized spacial score (nSPS) is 15.8. The van der Waals surface area contributed by atoms with Gasteiger partial charge in [-0.1, -0.05) is 18.2 Å². The SMILES string of the molecule is O=C1NC(CCc2cccc(F)c2)=N/C1=C/c1cccnc1. The molecule has 1 aromatic heterocycles. The Labute approximate surface area is 127 Å². The minimum atomic E-state index is -0.257. The van der Waals surface area contributed by atoms with Crippen molar-refractivity contribution in [1.82, 2.24) is 10.3 Å². The molecule has 110 valence electrons. The van der Waals surface area contributed by atoms with Crippen LogP contribution in [0.1, 0.15) is 17.5 Å². The number of pyridine rings is 1. The molecule has 5 heteroatoms. The number of amides is 1. The van der Waals surface area contributed by atoms with Gasteiger partial charge in [0.05, 0.1) is 0 Å². The number of benzene rings is 1. The molecule has 1 aliphatic rings. The summed E-state index contributed by atoms with van der Waals surface area (Å²) in [4.78, 5) is 20.2. The van der Waals surface area contributed by atoms with Crippen molar-refractivity contribution in [2.45, 2.75) is 12.8 Å². The molecule has 0 fully saturated rings. The van der Waals surface area contributed by atoms with Crippen molar-refractivity contribution in [3.05, 3.63) is 71.4 Å². The van der Waals surface area contributed by atoms with Gasteiger partial charge in [0.15, 0.2) is 0 Å². The summed E-state index contributed by atoms with van der Waals surface area (Å²) in [5.74, 6) is 0.120. The summed E-state index contributed by atoms with van der Waals surface area (Å²) >= 11 is 0. The maximum atomic E-state index is 13.1. The second-order valence-corrected chi connectivity index (χ2v) is 4.96. The molecule has 0 aliphatic carbocycles. The number of hydrogen-bond donors (Lipinski definition) is 1. The standard InChI is InChI=1S/C17H14FN3O/c18-14-5-1-3-12(9-14)6-7-16-20-15(17(22)21-16)10-13-4-2-8-19-11-13/h1-5,8-11H,6-7H2,(H,20,21,22)/b15-10+. The first-order valence-corrected chi connectivity index (χ1v) is 6.96. The van der Waals surface area contributed by atoms with Crippen LogP contribution in [0.4, 0.5) is 4.39 Å². The number of nitrogens with one attached hydrogen (secondary N) is 1. The lowest BCUT2D eigenvalue weighted by Crippen LogP contribution is -2.24.